The van der Waals surface area contributed by atoms with Gasteiger partial charge < -0.3 is 9.67 Å². The summed E-state index contributed by atoms with van der Waals surface area (Å²) in [7, 11) is 0. The first kappa shape index (κ1) is 10.7. The normalized spacial score (nSPS) is 20.0. The Kier molecular flexibility index (Phi) is 2.82. The fourth-order valence-corrected chi connectivity index (χ4v) is 2.86. The third kappa shape index (κ3) is 1.93. The van der Waals surface area contributed by atoms with Gasteiger partial charge in [0.25, 0.3) is 0 Å². The minimum absolute atomic E-state index is 0.00664. The molecule has 0 radical (unpaired) electrons. The summed E-state index contributed by atoms with van der Waals surface area (Å²) in [5.74, 6) is 0.177. The highest BCUT2D eigenvalue weighted by Gasteiger charge is 2.23. The number of aryl methyl sites for hydroxylation is 1. The minimum atomic E-state index is -0.834. The van der Waals surface area contributed by atoms with Gasteiger partial charge in [-0.1, -0.05) is 0 Å². The molecule has 2 heterocycles. The zero-order chi connectivity index (χ0) is 11.0. The number of halogens is 1. The molecule has 1 aliphatic rings. The molecule has 4 nitrogen and oxygen atoms in total. The van der Waals surface area contributed by atoms with Gasteiger partial charge in [0.1, 0.15) is 10.4 Å². The molecule has 15 heavy (non-hydrogen) atoms. The first-order valence-electron chi connectivity index (χ1n) is 5.07. The molecule has 1 aliphatic heterocycles. The lowest BCUT2D eigenvalue weighted by Crippen LogP contribution is -2.15. The number of nitrogens with zero attached hydrogens (tertiary/aromatic N) is 2. The molecule has 2 rings (SSSR count). The number of carboxylic acid groups (broad SMARTS) is 1. The fraction of sp³-hybridized carbons (Fsp3) is 0.600. The van der Waals surface area contributed by atoms with Gasteiger partial charge in [-0.3, -0.25) is 4.79 Å². The third-order valence-electron chi connectivity index (χ3n) is 2.77. The number of carboxylic acids is 1. The van der Waals surface area contributed by atoms with E-state index in [-0.39, 0.29) is 6.42 Å². The van der Waals surface area contributed by atoms with Crippen LogP contribution in [0.3, 0.4) is 0 Å². The zero-order valence-electron chi connectivity index (χ0n) is 8.53. The fourth-order valence-electron chi connectivity index (χ4n) is 2.07. The van der Waals surface area contributed by atoms with Crippen molar-refractivity contribution < 1.29 is 9.90 Å². The first-order chi connectivity index (χ1) is 7.09. The van der Waals surface area contributed by atoms with Crippen molar-refractivity contribution in [2.45, 2.75) is 38.6 Å². The molecule has 1 atom stereocenters. The maximum absolute atomic E-state index is 10.6. The summed E-state index contributed by atoms with van der Waals surface area (Å²) in [4.78, 5) is 15.0. The number of hydrogen-bond donors (Lipinski definition) is 1. The summed E-state index contributed by atoms with van der Waals surface area (Å²) in [5.41, 5.74) is 0.645. The molecule has 0 spiro atoms. The van der Waals surface area contributed by atoms with Crippen LogP contribution >= 0.6 is 15.9 Å². The van der Waals surface area contributed by atoms with E-state index in [0.29, 0.717) is 11.7 Å². The van der Waals surface area contributed by atoms with Gasteiger partial charge >= 0.3 is 5.97 Å². The lowest BCUT2D eigenvalue weighted by Gasteiger charge is -2.22. The molecule has 0 fully saturated rings. The largest absolute Gasteiger partial charge is 0.481 e. The number of rotatable bonds is 2. The van der Waals surface area contributed by atoms with Crippen molar-refractivity contribution in [3.8, 4) is 0 Å². The van der Waals surface area contributed by atoms with Crippen LogP contribution in [0.4, 0.5) is 0 Å². The van der Waals surface area contributed by atoms with Gasteiger partial charge in [-0.15, -0.1) is 0 Å². The van der Waals surface area contributed by atoms with Crippen LogP contribution in [0, 0.1) is 0 Å². The van der Waals surface area contributed by atoms with Gasteiger partial charge in [0.2, 0.25) is 0 Å². The standard InChI is InChI=1S/C10H13BrN2O2/c1-6-3-2-4-8-12-7(5-9(14)15)10(11)13(6)8/h6H,2-5H2,1H3,(H,14,15). The van der Waals surface area contributed by atoms with Crippen LogP contribution in [0.15, 0.2) is 4.60 Å². The average Bonchev–Trinajstić information content (AvgIpc) is 2.44. The highest BCUT2D eigenvalue weighted by Crippen LogP contribution is 2.31. The summed E-state index contributed by atoms with van der Waals surface area (Å²) in [5, 5.41) is 8.75. The maximum Gasteiger partial charge on any atom is 0.309 e. The molecule has 5 heteroatoms. The van der Waals surface area contributed by atoms with E-state index in [0.717, 1.165) is 29.7 Å². The molecule has 1 aromatic heterocycles. The Morgan fingerprint density at radius 1 is 1.73 bits per heavy atom. The van der Waals surface area contributed by atoms with E-state index in [1.807, 2.05) is 0 Å². The molecule has 0 amide bonds. The number of imidazole rings is 1. The number of aromatic nitrogens is 2. The Bertz CT molecular complexity index is 400. The van der Waals surface area contributed by atoms with Crippen LogP contribution in [-0.2, 0) is 17.6 Å². The van der Waals surface area contributed by atoms with Crippen molar-refractivity contribution in [3.05, 3.63) is 16.1 Å². The van der Waals surface area contributed by atoms with Crippen LogP contribution in [-0.4, -0.2) is 20.6 Å². The smallest absolute Gasteiger partial charge is 0.309 e. The van der Waals surface area contributed by atoms with E-state index >= 15 is 0 Å². The van der Waals surface area contributed by atoms with Crippen LogP contribution in [0.5, 0.6) is 0 Å². The summed E-state index contributed by atoms with van der Waals surface area (Å²) in [6.45, 7) is 2.14. The predicted octanol–water partition coefficient (Wildman–Crippen LogP) is 2.17. The van der Waals surface area contributed by atoms with Gasteiger partial charge in [0.05, 0.1) is 12.1 Å². The molecular weight excluding hydrogens is 260 g/mol. The number of aliphatic carboxylic acids is 1. The summed E-state index contributed by atoms with van der Waals surface area (Å²) < 4.78 is 2.95. The predicted molar refractivity (Wildman–Crippen MR) is 58.9 cm³/mol. The highest BCUT2D eigenvalue weighted by molar-refractivity contribution is 9.10. The van der Waals surface area contributed by atoms with E-state index in [1.54, 1.807) is 0 Å². The maximum atomic E-state index is 10.6. The average molecular weight is 273 g/mol. The Balaban J connectivity index is 2.39. The van der Waals surface area contributed by atoms with Crippen molar-refractivity contribution in [1.29, 1.82) is 0 Å². The lowest BCUT2D eigenvalue weighted by molar-refractivity contribution is -0.136. The second-order valence-electron chi connectivity index (χ2n) is 3.95. The van der Waals surface area contributed by atoms with Gasteiger partial charge in [-0.05, 0) is 35.7 Å². The molecule has 1 unspecified atom stereocenters. The third-order valence-corrected chi connectivity index (χ3v) is 3.61. The molecular formula is C10H13BrN2O2. The van der Waals surface area contributed by atoms with E-state index < -0.39 is 5.97 Å². The van der Waals surface area contributed by atoms with E-state index in [4.69, 9.17) is 5.11 Å². The summed E-state index contributed by atoms with van der Waals surface area (Å²) in [6.07, 6.45) is 3.21. The van der Waals surface area contributed by atoms with E-state index in [9.17, 15) is 4.79 Å². The first-order valence-corrected chi connectivity index (χ1v) is 5.86. The van der Waals surface area contributed by atoms with E-state index in [1.165, 1.54) is 0 Å². The second kappa shape index (κ2) is 3.96. The molecule has 1 N–H and O–H groups in total. The number of carbonyl (C=O) groups is 1. The van der Waals surface area contributed by atoms with Crippen molar-refractivity contribution in [3.63, 3.8) is 0 Å². The van der Waals surface area contributed by atoms with Crippen molar-refractivity contribution in [2.75, 3.05) is 0 Å². The van der Waals surface area contributed by atoms with Gasteiger partial charge in [0.15, 0.2) is 0 Å². The van der Waals surface area contributed by atoms with Crippen molar-refractivity contribution >= 4 is 21.9 Å². The minimum Gasteiger partial charge on any atom is -0.481 e. The van der Waals surface area contributed by atoms with Crippen molar-refractivity contribution in [2.24, 2.45) is 0 Å². The molecule has 0 bridgehead atoms. The van der Waals surface area contributed by atoms with Crippen LogP contribution < -0.4 is 0 Å². The Morgan fingerprint density at radius 2 is 2.47 bits per heavy atom. The molecule has 0 saturated heterocycles. The van der Waals surface area contributed by atoms with Gasteiger partial charge in [-0.25, -0.2) is 4.98 Å². The Hall–Kier alpha value is -0.840. The lowest BCUT2D eigenvalue weighted by atomic mass is 10.1. The van der Waals surface area contributed by atoms with Crippen LogP contribution in [0.1, 0.15) is 37.3 Å². The Labute approximate surface area is 96.4 Å². The molecule has 82 valence electrons. The summed E-state index contributed by atoms with van der Waals surface area (Å²) >= 11 is 3.44. The number of fused-ring (bicyclic) bond motifs is 1. The number of hydrogen-bond acceptors (Lipinski definition) is 2. The Morgan fingerprint density at radius 3 is 3.07 bits per heavy atom. The van der Waals surface area contributed by atoms with Gasteiger partial charge in [-0.2, -0.15) is 0 Å². The summed E-state index contributed by atoms with van der Waals surface area (Å²) in [6, 6.07) is 0.415. The van der Waals surface area contributed by atoms with Crippen molar-refractivity contribution in [1.82, 2.24) is 9.55 Å². The quantitative estimate of drug-likeness (QED) is 0.898. The monoisotopic (exact) mass is 272 g/mol. The SMILES string of the molecule is CC1CCCc2nc(CC(=O)O)c(Br)n21. The molecule has 0 aromatic carbocycles. The highest BCUT2D eigenvalue weighted by atomic mass is 79.9. The molecule has 1 aromatic rings. The van der Waals surface area contributed by atoms with Gasteiger partial charge in [0, 0.05) is 12.5 Å². The topological polar surface area (TPSA) is 55.1 Å². The zero-order valence-corrected chi connectivity index (χ0v) is 10.1. The molecule has 0 aliphatic carbocycles. The second-order valence-corrected chi connectivity index (χ2v) is 4.70. The molecule has 0 saturated carbocycles. The van der Waals surface area contributed by atoms with Crippen LogP contribution in [0.2, 0.25) is 0 Å². The van der Waals surface area contributed by atoms with E-state index in [2.05, 4.69) is 32.4 Å². The van der Waals surface area contributed by atoms with Crippen LogP contribution in [0.25, 0.3) is 0 Å².